The fourth-order valence-electron chi connectivity index (χ4n) is 4.26. The molecule has 0 N–H and O–H groups in total. The smallest absolute Gasteiger partial charge is 1.00 e. The molecule has 0 saturated carbocycles. The first-order chi connectivity index (χ1) is 17.4. The molecule has 0 saturated heterocycles. The monoisotopic (exact) mass is 607 g/mol. The Bertz CT molecular complexity index is 1500. The molecule has 7 aromatic rings. The van der Waals surface area contributed by atoms with Gasteiger partial charge in [-0.2, -0.15) is 17.5 Å². The fraction of sp³-hybridized carbons (Fsp3) is 0. The van der Waals surface area contributed by atoms with E-state index in [0.717, 1.165) is 0 Å². The Morgan fingerprint density at radius 2 is 0.842 bits per heavy atom. The molecule has 0 amide bonds. The first-order valence-corrected chi connectivity index (χ1v) is 12.0. The Labute approximate surface area is 257 Å². The van der Waals surface area contributed by atoms with E-state index < -0.39 is 0 Å². The van der Waals surface area contributed by atoms with Gasteiger partial charge in [0, 0.05) is 0 Å². The summed E-state index contributed by atoms with van der Waals surface area (Å²) in [7, 11) is 0. The summed E-state index contributed by atoms with van der Waals surface area (Å²) in [6.07, 6.45) is 2.17. The standard InChI is InChI=1S/C13H9.C13H11.C9H7.2ClH.Zr/c1-3-7-12-10(5-1)9-11-6-2-4-8-13(11)12;1-3-7-12(8-4-1)11-13-9-5-2-6-10-13;1-2-5-9-7-3-6-8(9)4-1;;;/h1-9H;1-11H;1-7H;2*1H;/q3*-1;;;+2/p-2. The van der Waals surface area contributed by atoms with Crippen LogP contribution in [0.25, 0.3) is 32.3 Å². The van der Waals surface area contributed by atoms with E-state index in [1.807, 2.05) is 12.1 Å². The molecule has 0 aromatic heterocycles. The Morgan fingerprint density at radius 1 is 0.421 bits per heavy atom. The van der Waals surface area contributed by atoms with Crippen LogP contribution in [0, 0.1) is 6.42 Å². The number of benzene rings is 5. The molecule has 0 fully saturated rings. The van der Waals surface area contributed by atoms with Crippen molar-refractivity contribution in [2.24, 2.45) is 0 Å². The summed E-state index contributed by atoms with van der Waals surface area (Å²) in [6, 6.07) is 54.6. The second-order valence-electron chi connectivity index (χ2n) is 8.44. The molecule has 3 heteroatoms. The quantitative estimate of drug-likeness (QED) is 0.263. The predicted octanol–water partition coefficient (Wildman–Crippen LogP) is 3.56. The van der Waals surface area contributed by atoms with Crippen molar-refractivity contribution in [1.82, 2.24) is 0 Å². The van der Waals surface area contributed by atoms with Crippen LogP contribution in [0.4, 0.5) is 0 Å². The van der Waals surface area contributed by atoms with Gasteiger partial charge in [-0.05, 0) is 0 Å². The number of fused-ring (bicyclic) bond motifs is 4. The molecule has 0 nitrogen and oxygen atoms in total. The van der Waals surface area contributed by atoms with E-state index in [-0.39, 0.29) is 51.0 Å². The van der Waals surface area contributed by atoms with Crippen molar-refractivity contribution < 1.29 is 51.0 Å². The van der Waals surface area contributed by atoms with Crippen molar-refractivity contribution in [3.05, 3.63) is 175 Å². The molecule has 38 heavy (non-hydrogen) atoms. The van der Waals surface area contributed by atoms with Crippen LogP contribution in [0.1, 0.15) is 11.1 Å². The second-order valence-corrected chi connectivity index (χ2v) is 8.44. The van der Waals surface area contributed by atoms with Gasteiger partial charge in [0.15, 0.2) is 0 Å². The van der Waals surface area contributed by atoms with Gasteiger partial charge in [-0.1, -0.05) is 78.9 Å². The molecule has 7 rings (SSSR count). The van der Waals surface area contributed by atoms with E-state index in [2.05, 4.69) is 152 Å². The van der Waals surface area contributed by atoms with Crippen molar-refractivity contribution in [3.63, 3.8) is 0 Å². The summed E-state index contributed by atoms with van der Waals surface area (Å²) in [5.74, 6) is 0. The third-order valence-corrected chi connectivity index (χ3v) is 6.00. The Morgan fingerprint density at radius 3 is 1.34 bits per heavy atom. The molecule has 0 atom stereocenters. The van der Waals surface area contributed by atoms with Crippen LogP contribution >= 0.6 is 0 Å². The van der Waals surface area contributed by atoms with Crippen LogP contribution in [-0.4, -0.2) is 0 Å². The molecule has 0 aliphatic rings. The molecular weight excluding hydrogens is 583 g/mol. The van der Waals surface area contributed by atoms with E-state index in [1.54, 1.807) is 0 Å². The topological polar surface area (TPSA) is 0 Å². The van der Waals surface area contributed by atoms with Gasteiger partial charge >= 0.3 is 26.2 Å². The minimum atomic E-state index is 0. The zero-order chi connectivity index (χ0) is 23.7. The van der Waals surface area contributed by atoms with Gasteiger partial charge in [-0.3, -0.25) is 0 Å². The van der Waals surface area contributed by atoms with Gasteiger partial charge in [0.2, 0.25) is 0 Å². The molecule has 0 spiro atoms. The van der Waals surface area contributed by atoms with Gasteiger partial charge in [-0.25, -0.2) is 0 Å². The van der Waals surface area contributed by atoms with Crippen molar-refractivity contribution in [3.8, 4) is 0 Å². The van der Waals surface area contributed by atoms with Crippen LogP contribution in [0.3, 0.4) is 0 Å². The molecular formula is C35H27Cl2Zr-3. The Balaban J connectivity index is 0.000000196. The summed E-state index contributed by atoms with van der Waals surface area (Å²) in [6.45, 7) is 0. The Hall–Kier alpha value is -3.09. The predicted molar refractivity (Wildman–Crippen MR) is 152 cm³/mol. The zero-order valence-corrected chi connectivity index (χ0v) is 24.8. The number of hydrogen-bond donors (Lipinski definition) is 0. The van der Waals surface area contributed by atoms with Crippen LogP contribution in [-0.2, 0) is 26.2 Å². The molecule has 0 bridgehead atoms. The number of hydrogen-bond acceptors (Lipinski definition) is 0. The first kappa shape index (κ1) is 31.1. The molecule has 0 unspecified atom stereocenters. The summed E-state index contributed by atoms with van der Waals surface area (Å²) < 4.78 is 0. The van der Waals surface area contributed by atoms with Crippen molar-refractivity contribution >= 4 is 32.3 Å². The van der Waals surface area contributed by atoms with Crippen LogP contribution in [0.15, 0.2) is 158 Å². The molecule has 0 aliphatic heterocycles. The van der Waals surface area contributed by atoms with Crippen LogP contribution < -0.4 is 24.8 Å². The van der Waals surface area contributed by atoms with E-state index in [1.165, 1.54) is 43.4 Å². The van der Waals surface area contributed by atoms with Gasteiger partial charge in [0.25, 0.3) is 0 Å². The minimum absolute atomic E-state index is 0. The van der Waals surface area contributed by atoms with Crippen molar-refractivity contribution in [2.45, 2.75) is 0 Å². The Kier molecular flexibility index (Phi) is 13.1. The molecule has 0 heterocycles. The average molecular weight is 610 g/mol. The summed E-state index contributed by atoms with van der Waals surface area (Å²) in [5.41, 5.74) is 2.49. The average Bonchev–Trinajstić information content (AvgIpc) is 3.55. The minimum Gasteiger partial charge on any atom is -1.00 e. The number of halogens is 2. The molecule has 0 radical (unpaired) electrons. The van der Waals surface area contributed by atoms with E-state index in [4.69, 9.17) is 0 Å². The van der Waals surface area contributed by atoms with Crippen molar-refractivity contribution in [2.75, 3.05) is 0 Å². The summed E-state index contributed by atoms with van der Waals surface area (Å²) in [5, 5.41) is 8.05. The largest absolute Gasteiger partial charge is 2.00 e. The maximum atomic E-state index is 2.24. The van der Waals surface area contributed by atoms with Gasteiger partial charge in [0.05, 0.1) is 0 Å². The molecule has 188 valence electrons. The maximum Gasteiger partial charge on any atom is 2.00 e. The normalized spacial score (nSPS) is 9.47. The SMILES string of the molecule is [Cl-].[Cl-].[Zr+2].c1ccc([CH-]c2ccccc2)cc1.c1ccc2[cH-]ccc2c1.c1ccc2c(c1)[cH-]c1ccccc12. The molecule has 0 aliphatic carbocycles. The fourth-order valence-corrected chi connectivity index (χ4v) is 4.26. The van der Waals surface area contributed by atoms with E-state index >= 15 is 0 Å². The van der Waals surface area contributed by atoms with E-state index in [0.29, 0.717) is 0 Å². The third-order valence-electron chi connectivity index (χ3n) is 6.00. The van der Waals surface area contributed by atoms with Crippen molar-refractivity contribution in [1.29, 1.82) is 0 Å². The van der Waals surface area contributed by atoms with Crippen LogP contribution in [0.2, 0.25) is 0 Å². The van der Waals surface area contributed by atoms with Gasteiger partial charge in [-0.15, -0.1) is 111 Å². The van der Waals surface area contributed by atoms with E-state index in [9.17, 15) is 0 Å². The third kappa shape index (κ3) is 8.21. The molecule has 7 aromatic carbocycles. The zero-order valence-electron chi connectivity index (χ0n) is 20.8. The van der Waals surface area contributed by atoms with Crippen LogP contribution in [0.5, 0.6) is 0 Å². The number of rotatable bonds is 2. The first-order valence-electron chi connectivity index (χ1n) is 12.0. The van der Waals surface area contributed by atoms with Gasteiger partial charge < -0.3 is 24.8 Å². The summed E-state index contributed by atoms with van der Waals surface area (Å²) >= 11 is 0. The summed E-state index contributed by atoms with van der Waals surface area (Å²) in [4.78, 5) is 0. The van der Waals surface area contributed by atoms with Gasteiger partial charge in [0.1, 0.15) is 0 Å². The second kappa shape index (κ2) is 16.0. The maximum absolute atomic E-state index is 2.24.